The first-order chi connectivity index (χ1) is 12.7. The summed E-state index contributed by atoms with van der Waals surface area (Å²) in [5.74, 6) is 0. The molecule has 0 heterocycles. The van der Waals surface area contributed by atoms with Crippen molar-refractivity contribution in [2.24, 2.45) is 0 Å². The second-order valence-corrected chi connectivity index (χ2v) is 8.25. The molecule has 4 heteroatoms. The second kappa shape index (κ2) is 8.64. The maximum absolute atomic E-state index is 11.2. The van der Waals surface area contributed by atoms with Gasteiger partial charge < -0.3 is 9.84 Å². The van der Waals surface area contributed by atoms with Gasteiger partial charge in [-0.25, -0.2) is 0 Å². The van der Waals surface area contributed by atoms with E-state index in [1.54, 1.807) is 7.11 Å². The largest absolute Gasteiger partial charge is 0.386 e. The van der Waals surface area contributed by atoms with Crippen molar-refractivity contribution < 1.29 is 9.84 Å². The highest BCUT2D eigenvalue weighted by molar-refractivity contribution is 8.08. The van der Waals surface area contributed by atoms with Crippen LogP contribution in [0, 0.1) is 0 Å². The minimum Gasteiger partial charge on any atom is -0.386 e. The van der Waals surface area contributed by atoms with Crippen molar-refractivity contribution >= 4 is 25.3 Å². The Hall–Kier alpha value is -1.93. The standard InChI is InChI=1S/C22H26BO2P/c1-25-17-21(24)22(18-11-5-2-6-12-18)26(23,19-13-7-3-8-14-19)20-15-9-4-10-16-20/h2-16,21-22,24H,17H2,1,23H3/t21-,22+/m0/s1. The number of hydrogen-bond donors (Lipinski definition) is 1. The van der Waals surface area contributed by atoms with Gasteiger partial charge in [-0.2, -0.15) is 0 Å². The van der Waals surface area contributed by atoms with Gasteiger partial charge in [-0.15, -0.1) is 0 Å². The molecule has 26 heavy (non-hydrogen) atoms. The molecule has 134 valence electrons. The van der Waals surface area contributed by atoms with Crippen LogP contribution in [0.4, 0.5) is 0 Å². The molecule has 3 aromatic carbocycles. The maximum atomic E-state index is 11.2. The first kappa shape index (κ1) is 18.9. The summed E-state index contributed by atoms with van der Waals surface area (Å²) < 4.78 is 5.37. The van der Waals surface area contributed by atoms with Crippen molar-refractivity contribution in [3.05, 3.63) is 96.6 Å². The van der Waals surface area contributed by atoms with E-state index in [9.17, 15) is 5.11 Å². The molecule has 0 aliphatic rings. The Labute approximate surface area is 157 Å². The molecule has 0 aliphatic heterocycles. The number of benzene rings is 3. The second-order valence-electron chi connectivity index (χ2n) is 5.92. The Morgan fingerprint density at radius 1 is 0.808 bits per heavy atom. The molecule has 1 N–H and O–H groups in total. The molecule has 3 rings (SSSR count). The molecule has 0 saturated heterocycles. The third kappa shape index (κ3) is 3.76. The molecule has 3 aromatic rings. The monoisotopic (exact) mass is 364 g/mol. The van der Waals surface area contributed by atoms with Crippen molar-refractivity contribution in [2.75, 3.05) is 13.7 Å². The zero-order valence-corrected chi connectivity index (χ0v) is 15.2. The first-order valence-corrected chi connectivity index (χ1v) is 9.83. The Bertz CT molecular complexity index is 757. The van der Waals surface area contributed by atoms with E-state index in [0.29, 0.717) is 6.61 Å². The van der Waals surface area contributed by atoms with Gasteiger partial charge in [-0.05, 0) is 29.8 Å². The summed E-state index contributed by atoms with van der Waals surface area (Å²) in [6, 6.07) is 32.2. The van der Waals surface area contributed by atoms with Gasteiger partial charge in [0.1, 0.15) is 13.7 Å². The van der Waals surface area contributed by atoms with Crippen LogP contribution in [-0.2, 0) is 4.74 Å². The number of aliphatic hydroxyl groups excluding tert-OH is 1. The van der Waals surface area contributed by atoms with Gasteiger partial charge >= 0.3 is 0 Å². The van der Waals surface area contributed by atoms with E-state index in [1.165, 1.54) is 16.2 Å². The topological polar surface area (TPSA) is 29.5 Å². The maximum Gasteiger partial charge on any atom is 0.139 e. The van der Waals surface area contributed by atoms with Crippen LogP contribution in [0.5, 0.6) is 0 Å². The van der Waals surface area contributed by atoms with Crippen LogP contribution in [0.3, 0.4) is 0 Å². The van der Waals surface area contributed by atoms with E-state index in [-0.39, 0.29) is 13.2 Å². The third-order valence-corrected chi connectivity index (χ3v) is 7.10. The molecule has 0 amide bonds. The van der Waals surface area contributed by atoms with Gasteiger partial charge in [0.25, 0.3) is 0 Å². The smallest absolute Gasteiger partial charge is 0.139 e. The zero-order valence-electron chi connectivity index (χ0n) is 14.3. The van der Waals surface area contributed by atoms with Crippen molar-refractivity contribution in [2.45, 2.75) is 11.8 Å². The summed E-state index contributed by atoms with van der Waals surface area (Å²) >= 11 is 0. The highest BCUT2D eigenvalue weighted by Crippen LogP contribution is 2.65. The number of aliphatic hydroxyl groups is 1. The quantitative estimate of drug-likeness (QED) is 0.516. The predicted molar refractivity (Wildman–Crippen MR) is 116 cm³/mol. The van der Waals surface area contributed by atoms with Crippen molar-refractivity contribution in [3.8, 4) is 0 Å². The molecule has 0 radical (unpaired) electrons. The molecule has 0 saturated carbocycles. The van der Waals surface area contributed by atoms with E-state index < -0.39 is 13.2 Å². The first-order valence-electron chi connectivity index (χ1n) is 8.42. The summed E-state index contributed by atoms with van der Waals surface area (Å²) in [6.45, 7) is 0.354. The van der Waals surface area contributed by atoms with Crippen molar-refractivity contribution in [3.63, 3.8) is 0 Å². The Morgan fingerprint density at radius 2 is 1.23 bits per heavy atom. The molecule has 0 unspecified atom stereocenters. The summed E-state index contributed by atoms with van der Waals surface area (Å²) in [5, 5.41) is 14.0. The van der Waals surface area contributed by atoms with Crippen LogP contribution in [0.2, 0.25) is 0 Å². The summed E-state index contributed by atoms with van der Waals surface area (Å²) in [6.07, 6.45) is -0.520. The summed E-state index contributed by atoms with van der Waals surface area (Å²) in [4.78, 5) is 0. The van der Waals surface area contributed by atoms with Gasteiger partial charge in [0.15, 0.2) is 0 Å². The molecule has 2 atom stereocenters. The van der Waals surface area contributed by atoms with Crippen LogP contribution in [0.15, 0.2) is 91.0 Å². The molecule has 2 nitrogen and oxygen atoms in total. The van der Waals surface area contributed by atoms with Crippen molar-refractivity contribution in [1.29, 1.82) is 0 Å². The molecular weight excluding hydrogens is 338 g/mol. The fraction of sp³-hybridized carbons (Fsp3) is 0.182. The average molecular weight is 364 g/mol. The lowest BCUT2D eigenvalue weighted by Gasteiger charge is -2.40. The van der Waals surface area contributed by atoms with E-state index in [2.05, 4.69) is 84.9 Å². The van der Waals surface area contributed by atoms with Crippen LogP contribution in [0.25, 0.3) is 0 Å². The molecule has 0 fully saturated rings. The van der Waals surface area contributed by atoms with Crippen LogP contribution < -0.4 is 10.6 Å². The van der Waals surface area contributed by atoms with Crippen LogP contribution in [0.1, 0.15) is 11.2 Å². The van der Waals surface area contributed by atoms with Gasteiger partial charge in [-0.1, -0.05) is 73.9 Å². The van der Waals surface area contributed by atoms with Gasteiger partial charge in [0.05, 0.1) is 22.9 Å². The predicted octanol–water partition coefficient (Wildman–Crippen LogP) is 2.68. The number of ether oxygens (including phenoxy) is 1. The summed E-state index contributed by atoms with van der Waals surface area (Å²) in [7, 11) is -0.137. The van der Waals surface area contributed by atoms with Crippen LogP contribution >= 0.6 is 7.14 Å². The van der Waals surface area contributed by atoms with E-state index in [0.717, 1.165) is 0 Å². The minimum absolute atomic E-state index is 0.0773. The lowest BCUT2D eigenvalue weighted by atomic mass is 10.1. The lowest BCUT2D eigenvalue weighted by Crippen LogP contribution is -2.35. The van der Waals surface area contributed by atoms with E-state index >= 15 is 0 Å². The van der Waals surface area contributed by atoms with Gasteiger partial charge in [-0.3, -0.25) is 0 Å². The lowest BCUT2D eigenvalue weighted by molar-refractivity contribution is 0.0622. The molecule has 0 aromatic heterocycles. The Morgan fingerprint density at radius 3 is 1.65 bits per heavy atom. The number of methoxy groups -OCH3 is 1. The minimum atomic E-state index is -1.67. The van der Waals surface area contributed by atoms with Gasteiger partial charge in [0.2, 0.25) is 0 Å². The highest BCUT2D eigenvalue weighted by atomic mass is 31.2. The summed E-state index contributed by atoms with van der Waals surface area (Å²) in [5.41, 5.74) is 1.29. The van der Waals surface area contributed by atoms with Crippen molar-refractivity contribution in [1.82, 2.24) is 0 Å². The zero-order chi connectivity index (χ0) is 18.4. The molecular formula is C22H26BO2P. The average Bonchev–Trinajstić information content (AvgIpc) is 2.70. The Kier molecular flexibility index (Phi) is 6.27. The number of rotatable bonds is 7. The molecule has 0 bridgehead atoms. The van der Waals surface area contributed by atoms with Crippen LogP contribution in [-0.4, -0.2) is 32.5 Å². The normalized spacial score (nSPS) is 14.0. The molecule has 0 spiro atoms. The highest BCUT2D eigenvalue weighted by Gasteiger charge is 2.44. The Balaban J connectivity index is 2.23. The SMILES string of the molecule is [BH3-][P+](c1ccccc1)(c1ccccc1)[C@H](c1ccccc1)[C@@H](O)COC. The fourth-order valence-corrected chi connectivity index (χ4v) is 5.93. The van der Waals surface area contributed by atoms with E-state index in [4.69, 9.17) is 4.74 Å². The number of hydrogen-bond acceptors (Lipinski definition) is 2. The van der Waals surface area contributed by atoms with Gasteiger partial charge in [0, 0.05) is 7.11 Å². The third-order valence-electron chi connectivity index (χ3n) is 4.19. The van der Waals surface area contributed by atoms with E-state index in [1.807, 2.05) is 6.07 Å². The molecule has 0 aliphatic carbocycles. The fourth-order valence-electron chi connectivity index (χ4n) is 3.10.